The fourth-order valence-corrected chi connectivity index (χ4v) is 15.0. The van der Waals surface area contributed by atoms with Crippen molar-refractivity contribution in [2.45, 2.75) is 177 Å². The summed E-state index contributed by atoms with van der Waals surface area (Å²) < 4.78 is 45.8. The van der Waals surface area contributed by atoms with Crippen LogP contribution >= 0.6 is 0 Å². The third-order valence-electron chi connectivity index (χ3n) is 19.5. The summed E-state index contributed by atoms with van der Waals surface area (Å²) in [6.45, 7) is 15.1. The van der Waals surface area contributed by atoms with Gasteiger partial charge in [0.25, 0.3) is 0 Å². The van der Waals surface area contributed by atoms with E-state index in [-0.39, 0.29) is 52.9 Å². The Morgan fingerprint density at radius 1 is 0.244 bits per heavy atom. The number of hydrogen-bond acceptors (Lipinski definition) is 12. The third kappa shape index (κ3) is 23.4. The standard InChI is InChI=1S/C60H122N6O12/c1-61(25-13-7-14-26-61)37-51(67)43-73-49-57(75-45-53(69)39-63(3)29-17-9-18-30-63)59(77-47-55(71)41-65(5)33-21-11-22-34-65)60(78-48-56(72)42-66(6)35-23-12-24-36-66)58(76-46-54(70)40-64(4)31-19-10-20-32-64)50-74-44-52(68)38-62(2)27-15-8-16-28-62/h51-60,67-72H,7-50H2,1-6H3/q+6. The molecule has 0 aliphatic carbocycles. The number of nitrogens with zero attached hydrogens (tertiary/aromatic N) is 6. The van der Waals surface area contributed by atoms with Crippen molar-refractivity contribution in [3.05, 3.63) is 0 Å². The monoisotopic (exact) mass is 1120 g/mol. The molecule has 10 unspecified atom stereocenters. The van der Waals surface area contributed by atoms with Gasteiger partial charge in [-0.1, -0.05) is 0 Å². The van der Waals surface area contributed by atoms with Crippen molar-refractivity contribution >= 4 is 0 Å². The number of quaternary nitrogens is 6. The molecular weight excluding hydrogens is 997 g/mol. The topological polar surface area (TPSA) is 177 Å². The minimum Gasteiger partial charge on any atom is -0.385 e. The number of rotatable bonds is 35. The second-order valence-corrected chi connectivity index (χ2v) is 28.2. The predicted octanol–water partition coefficient (Wildman–Crippen LogP) is 2.51. The molecule has 6 heterocycles. The summed E-state index contributed by atoms with van der Waals surface area (Å²) >= 11 is 0. The van der Waals surface area contributed by atoms with Crippen LogP contribution in [0, 0.1) is 0 Å². The first-order valence-electron chi connectivity index (χ1n) is 31.9. The molecule has 6 rings (SSSR count). The lowest BCUT2D eigenvalue weighted by molar-refractivity contribution is -0.917. The molecule has 18 nitrogen and oxygen atoms in total. The predicted molar refractivity (Wildman–Crippen MR) is 304 cm³/mol. The zero-order valence-electron chi connectivity index (χ0n) is 50.7. The fourth-order valence-electron chi connectivity index (χ4n) is 15.0. The van der Waals surface area contributed by atoms with Crippen LogP contribution < -0.4 is 0 Å². The van der Waals surface area contributed by atoms with Gasteiger partial charge >= 0.3 is 0 Å². The van der Waals surface area contributed by atoms with Crippen molar-refractivity contribution in [3.63, 3.8) is 0 Å². The highest BCUT2D eigenvalue weighted by Gasteiger charge is 2.43. The van der Waals surface area contributed by atoms with Crippen LogP contribution in [-0.4, -0.2) is 332 Å². The molecule has 0 aromatic heterocycles. The Labute approximate surface area is 474 Å². The zero-order chi connectivity index (χ0) is 56.1. The van der Waals surface area contributed by atoms with E-state index in [1.807, 2.05) is 0 Å². The molecule has 6 aliphatic rings. The summed E-state index contributed by atoms with van der Waals surface area (Å²) in [5, 5.41) is 71.0. The van der Waals surface area contributed by atoms with Crippen LogP contribution in [0.1, 0.15) is 116 Å². The highest BCUT2D eigenvalue weighted by atomic mass is 16.6. The molecule has 6 saturated heterocycles. The second-order valence-electron chi connectivity index (χ2n) is 28.2. The average Bonchev–Trinajstić information content (AvgIpc) is 3.38. The lowest BCUT2D eigenvalue weighted by Gasteiger charge is -2.42. The number of hydrogen-bond donors (Lipinski definition) is 6. The van der Waals surface area contributed by atoms with Gasteiger partial charge in [-0.2, -0.15) is 0 Å². The summed E-state index contributed by atoms with van der Waals surface area (Å²) in [6.07, 6.45) is 12.1. The lowest BCUT2D eigenvalue weighted by Crippen LogP contribution is -2.57. The van der Waals surface area contributed by atoms with Gasteiger partial charge in [0.05, 0.1) is 174 Å². The van der Waals surface area contributed by atoms with Gasteiger partial charge in [0.2, 0.25) is 0 Å². The lowest BCUT2D eigenvalue weighted by atomic mass is 10.0. The van der Waals surface area contributed by atoms with E-state index in [4.69, 9.17) is 28.4 Å². The molecule has 10 atom stereocenters. The number of likely N-dealkylation sites (N-methyl/N-ethyl adjacent to an activating group) is 6. The largest absolute Gasteiger partial charge is 0.385 e. The van der Waals surface area contributed by atoms with E-state index < -0.39 is 61.0 Å². The Kier molecular flexibility index (Phi) is 27.7. The minimum atomic E-state index is -1.01. The Hall–Kier alpha value is -0.720. The maximum Gasteiger partial charge on any atom is 0.126 e. The van der Waals surface area contributed by atoms with Crippen LogP contribution in [-0.2, 0) is 28.4 Å². The van der Waals surface area contributed by atoms with Gasteiger partial charge in [-0.3, -0.25) is 0 Å². The van der Waals surface area contributed by atoms with E-state index in [2.05, 4.69) is 42.3 Å². The first-order valence-corrected chi connectivity index (χ1v) is 31.9. The first-order chi connectivity index (χ1) is 37.2. The van der Waals surface area contributed by atoms with Crippen LogP contribution in [0.15, 0.2) is 0 Å². The number of piperidine rings is 6. The highest BCUT2D eigenvalue weighted by molar-refractivity contribution is 4.88. The Morgan fingerprint density at radius 3 is 0.628 bits per heavy atom. The van der Waals surface area contributed by atoms with Crippen LogP contribution in [0.4, 0.5) is 0 Å². The summed E-state index contributed by atoms with van der Waals surface area (Å²) in [5.41, 5.74) is 0. The summed E-state index contributed by atoms with van der Waals surface area (Å²) in [4.78, 5) is 0. The molecule has 6 fully saturated rings. The smallest absolute Gasteiger partial charge is 0.126 e. The normalized spacial score (nSPS) is 27.1. The summed E-state index contributed by atoms with van der Waals surface area (Å²) in [7, 11) is 13.3. The van der Waals surface area contributed by atoms with E-state index >= 15 is 0 Å². The molecule has 0 aromatic rings. The quantitative estimate of drug-likeness (QED) is 0.0513. The number of likely N-dealkylation sites (tertiary alicyclic amines) is 6. The molecular formula is C60H122N6O12+6. The van der Waals surface area contributed by atoms with Crippen LogP contribution in [0.5, 0.6) is 0 Å². The molecule has 0 bridgehead atoms. The Balaban J connectivity index is 1.34. The number of aliphatic hydroxyl groups excluding tert-OH is 6. The van der Waals surface area contributed by atoms with Gasteiger partial charge in [-0.05, 0) is 116 Å². The van der Waals surface area contributed by atoms with Gasteiger partial charge in [0.15, 0.2) is 0 Å². The maximum atomic E-state index is 12.0. The van der Waals surface area contributed by atoms with E-state index in [0.29, 0.717) is 39.3 Å². The third-order valence-corrected chi connectivity index (χ3v) is 19.5. The molecule has 0 aromatic carbocycles. The molecule has 0 radical (unpaired) electrons. The number of ether oxygens (including phenoxy) is 6. The minimum absolute atomic E-state index is 0.0115. The van der Waals surface area contributed by atoms with Crippen molar-refractivity contribution in [3.8, 4) is 0 Å². The highest BCUT2D eigenvalue weighted by Crippen LogP contribution is 2.27. The van der Waals surface area contributed by atoms with Gasteiger partial charge in [-0.25, -0.2) is 0 Å². The summed E-state index contributed by atoms with van der Waals surface area (Å²) in [5.74, 6) is 0. The molecule has 458 valence electrons. The van der Waals surface area contributed by atoms with E-state index in [1.165, 1.54) is 38.5 Å². The number of aliphatic hydroxyl groups is 6. The molecule has 6 aliphatic heterocycles. The van der Waals surface area contributed by atoms with Crippen molar-refractivity contribution in [2.75, 3.05) is 213 Å². The van der Waals surface area contributed by atoms with Crippen molar-refractivity contribution in [1.29, 1.82) is 0 Å². The van der Waals surface area contributed by atoms with Gasteiger partial charge in [0.1, 0.15) is 100 Å². The Morgan fingerprint density at radius 2 is 0.423 bits per heavy atom. The first kappa shape index (κ1) is 66.4. The van der Waals surface area contributed by atoms with E-state index in [1.54, 1.807) is 0 Å². The van der Waals surface area contributed by atoms with Crippen LogP contribution in [0.3, 0.4) is 0 Å². The van der Waals surface area contributed by atoms with Gasteiger partial charge in [-0.15, -0.1) is 0 Å². The Bertz CT molecular complexity index is 1500. The van der Waals surface area contributed by atoms with Crippen molar-refractivity contribution in [1.82, 2.24) is 0 Å². The zero-order valence-corrected chi connectivity index (χ0v) is 50.7. The van der Waals surface area contributed by atoms with Crippen molar-refractivity contribution < 1.29 is 86.0 Å². The molecule has 18 heteroatoms. The molecule has 0 saturated carbocycles. The van der Waals surface area contributed by atoms with Crippen molar-refractivity contribution in [2.24, 2.45) is 0 Å². The van der Waals surface area contributed by atoms with Gasteiger partial charge < -0.3 is 86.0 Å². The molecule has 0 amide bonds. The fraction of sp³-hybridized carbons (Fsp3) is 1.00. The SMILES string of the molecule is C[N+]1(CC(O)COCC(OCC(O)C[N+]2(C)CCCCC2)C(OCC(O)C[N+]2(C)CCCCC2)C(OCC(O)C[N+]2(C)CCCCC2)C(COCC(O)C[N+]2(C)CCCCC2)OCC(O)C[N+]2(C)CCCCC2)CCCCC1. The van der Waals surface area contributed by atoms with E-state index in [9.17, 15) is 30.6 Å². The molecule has 6 N–H and O–H groups in total. The molecule has 78 heavy (non-hydrogen) atoms. The van der Waals surface area contributed by atoms with E-state index in [0.717, 1.165) is 182 Å². The second kappa shape index (κ2) is 32.5. The molecule has 0 spiro atoms. The van der Waals surface area contributed by atoms with Gasteiger partial charge in [0, 0.05) is 0 Å². The summed E-state index contributed by atoms with van der Waals surface area (Å²) in [6, 6.07) is 0. The average molecular weight is 1120 g/mol. The maximum absolute atomic E-state index is 12.0. The van der Waals surface area contributed by atoms with Crippen LogP contribution in [0.25, 0.3) is 0 Å². The van der Waals surface area contributed by atoms with Crippen LogP contribution in [0.2, 0.25) is 0 Å².